The molecule has 0 bridgehead atoms. The van der Waals surface area contributed by atoms with Gasteiger partial charge in [0, 0.05) is 24.2 Å². The number of rotatable bonds is 5. The molecule has 6 rings (SSSR count). The van der Waals surface area contributed by atoms with Crippen molar-refractivity contribution in [3.05, 3.63) is 65.0 Å². The number of amides is 2. The number of fused-ring (bicyclic) bond motifs is 1. The maximum Gasteiger partial charge on any atom is 0.255 e. The fourth-order valence-electron chi connectivity index (χ4n) is 6.33. The zero-order valence-electron chi connectivity index (χ0n) is 22.7. The zero-order chi connectivity index (χ0) is 29.1. The molecule has 0 aliphatic carbocycles. The van der Waals surface area contributed by atoms with Crippen molar-refractivity contribution in [3.8, 4) is 5.75 Å². The molecule has 2 aromatic carbocycles. The second-order valence-corrected chi connectivity index (χ2v) is 11.5. The number of nitrogens with two attached hydrogens (primary N) is 2. The minimum Gasteiger partial charge on any atom is -0.492 e. The average molecular weight is 565 g/mol. The van der Waals surface area contributed by atoms with Crippen molar-refractivity contribution >= 4 is 23.7 Å². The quantitative estimate of drug-likeness (QED) is 0.288. The molecule has 4 aliphatic heterocycles. The number of guanidine groups is 2. The lowest BCUT2D eigenvalue weighted by Gasteiger charge is -2.46. The topological polar surface area (TPSA) is 180 Å². The predicted octanol–water partition coefficient (Wildman–Crippen LogP) is -0.230. The van der Waals surface area contributed by atoms with Crippen molar-refractivity contribution in [2.75, 3.05) is 19.7 Å². The van der Waals surface area contributed by atoms with Crippen molar-refractivity contribution in [1.29, 1.82) is 0 Å². The molecule has 13 heteroatoms. The lowest BCUT2D eigenvalue weighted by molar-refractivity contribution is 0.0143. The van der Waals surface area contributed by atoms with E-state index in [1.807, 2.05) is 12.1 Å². The van der Waals surface area contributed by atoms with Gasteiger partial charge in [-0.2, -0.15) is 0 Å². The van der Waals surface area contributed by atoms with Crippen LogP contribution in [0, 0.1) is 5.82 Å². The summed E-state index contributed by atoms with van der Waals surface area (Å²) in [5.41, 5.74) is 12.5. The first kappa shape index (κ1) is 26.8. The number of benzene rings is 2. The molecule has 41 heavy (non-hydrogen) atoms. The van der Waals surface area contributed by atoms with Crippen LogP contribution in [0.4, 0.5) is 4.39 Å². The molecule has 8 N–H and O–H groups in total. The second-order valence-electron chi connectivity index (χ2n) is 11.5. The minimum atomic E-state index is -1.29. The third kappa shape index (κ3) is 4.31. The Labute approximate surface area is 236 Å². The molecule has 4 heterocycles. The van der Waals surface area contributed by atoms with E-state index in [4.69, 9.17) is 16.2 Å². The van der Waals surface area contributed by atoms with E-state index in [1.165, 1.54) is 18.2 Å². The Hall–Kier alpha value is -4.39. The van der Waals surface area contributed by atoms with Gasteiger partial charge in [0.2, 0.25) is 0 Å². The SMILES string of the molecule is CC1(C)CCOc2c(C(=O)NC3CN4C(N)=N[C@@H](CNC(=O)c5cccc(F)c5)[C@@H]5N=C(N)N[C@@]54[C@@H]3O)cccc21. The number of carbonyl (C=O) groups is 2. The highest BCUT2D eigenvalue weighted by Gasteiger charge is 2.65. The van der Waals surface area contributed by atoms with Gasteiger partial charge in [0.05, 0.1) is 24.3 Å². The first-order chi connectivity index (χ1) is 19.5. The number of nitrogens with zero attached hydrogens (tertiary/aromatic N) is 3. The van der Waals surface area contributed by atoms with Gasteiger partial charge >= 0.3 is 0 Å². The van der Waals surface area contributed by atoms with Gasteiger partial charge in [-0.3, -0.25) is 9.59 Å². The van der Waals surface area contributed by atoms with E-state index in [2.05, 4.69) is 39.8 Å². The largest absolute Gasteiger partial charge is 0.492 e. The van der Waals surface area contributed by atoms with E-state index >= 15 is 0 Å². The Kier molecular flexibility index (Phi) is 6.29. The van der Waals surface area contributed by atoms with Crippen LogP contribution in [0.15, 0.2) is 52.4 Å². The van der Waals surface area contributed by atoms with E-state index in [9.17, 15) is 19.1 Å². The van der Waals surface area contributed by atoms with Gasteiger partial charge in [-0.15, -0.1) is 0 Å². The van der Waals surface area contributed by atoms with E-state index in [0.29, 0.717) is 17.9 Å². The van der Waals surface area contributed by atoms with Crippen molar-refractivity contribution in [1.82, 2.24) is 20.9 Å². The Balaban J connectivity index is 1.23. The molecule has 0 aromatic heterocycles. The van der Waals surface area contributed by atoms with Crippen LogP contribution in [0.5, 0.6) is 5.75 Å². The Bertz CT molecular complexity index is 1480. The lowest BCUT2D eigenvalue weighted by atomic mass is 9.79. The minimum absolute atomic E-state index is 0.00177. The maximum absolute atomic E-state index is 13.6. The van der Waals surface area contributed by atoms with Crippen LogP contribution < -0.4 is 32.2 Å². The number of aliphatic imine (C=N–C) groups is 2. The maximum atomic E-state index is 13.6. The number of para-hydroxylation sites is 1. The van der Waals surface area contributed by atoms with Crippen molar-refractivity contribution in [2.24, 2.45) is 21.5 Å². The highest BCUT2D eigenvalue weighted by atomic mass is 19.1. The highest BCUT2D eigenvalue weighted by molar-refractivity contribution is 5.98. The average Bonchev–Trinajstić information content (AvgIpc) is 3.43. The summed E-state index contributed by atoms with van der Waals surface area (Å²) in [6.07, 6.45) is -0.366. The van der Waals surface area contributed by atoms with Crippen LogP contribution in [0.2, 0.25) is 0 Å². The number of nitrogens with one attached hydrogen (secondary N) is 3. The van der Waals surface area contributed by atoms with E-state index in [1.54, 1.807) is 11.0 Å². The van der Waals surface area contributed by atoms with Gasteiger partial charge in [0.25, 0.3) is 11.8 Å². The van der Waals surface area contributed by atoms with Gasteiger partial charge in [-0.1, -0.05) is 32.0 Å². The van der Waals surface area contributed by atoms with Crippen LogP contribution in [0.3, 0.4) is 0 Å². The molecule has 0 radical (unpaired) electrons. The molecular weight excluding hydrogens is 531 g/mol. The summed E-state index contributed by atoms with van der Waals surface area (Å²) in [6, 6.07) is 8.62. The van der Waals surface area contributed by atoms with Crippen LogP contribution in [-0.2, 0) is 5.41 Å². The fourth-order valence-corrected chi connectivity index (χ4v) is 6.33. The molecule has 1 unspecified atom stereocenters. The monoisotopic (exact) mass is 564 g/mol. The summed E-state index contributed by atoms with van der Waals surface area (Å²) >= 11 is 0. The standard InChI is InChI=1S/C28H33FN8O4/c1-27(2)9-10-41-20-16(7-4-8-17(20)27)24(40)33-19-13-37-26(31)34-18(21-28(37,22(19)38)36-25(30)35-21)12-32-23(39)14-5-3-6-15(29)11-14/h3-8,11,18-19,21-22,38H,9-10,12-13H2,1-2H3,(H2,31,34)(H,32,39)(H,33,40)(H3,30,35,36)/t18-,19?,21-,22+,28-/m0/s1. The van der Waals surface area contributed by atoms with Crippen molar-refractivity contribution in [3.63, 3.8) is 0 Å². The van der Waals surface area contributed by atoms with E-state index in [-0.39, 0.29) is 36.0 Å². The van der Waals surface area contributed by atoms with Crippen LogP contribution in [0.25, 0.3) is 0 Å². The first-order valence-corrected chi connectivity index (χ1v) is 13.5. The Morgan fingerprint density at radius 3 is 2.76 bits per heavy atom. The number of ether oxygens (including phenoxy) is 1. The number of halogens is 1. The lowest BCUT2D eigenvalue weighted by Crippen LogP contribution is -2.73. The van der Waals surface area contributed by atoms with Gasteiger partial charge in [0.1, 0.15) is 23.7 Å². The van der Waals surface area contributed by atoms with Gasteiger partial charge in [0.15, 0.2) is 17.6 Å². The van der Waals surface area contributed by atoms with Crippen molar-refractivity contribution in [2.45, 2.75) is 55.6 Å². The summed E-state index contributed by atoms with van der Waals surface area (Å²) in [5.74, 6) is -0.696. The van der Waals surface area contributed by atoms with Crippen molar-refractivity contribution < 1.29 is 23.8 Å². The number of aliphatic hydroxyl groups excluding tert-OH is 1. The fraction of sp³-hybridized carbons (Fsp3) is 0.429. The molecule has 12 nitrogen and oxygen atoms in total. The zero-order valence-corrected chi connectivity index (χ0v) is 22.7. The molecule has 1 saturated heterocycles. The molecule has 1 spiro atoms. The number of carbonyl (C=O) groups excluding carboxylic acids is 2. The molecule has 4 aliphatic rings. The Morgan fingerprint density at radius 2 is 1.98 bits per heavy atom. The third-order valence-electron chi connectivity index (χ3n) is 8.49. The van der Waals surface area contributed by atoms with Crippen LogP contribution in [0.1, 0.15) is 46.5 Å². The molecule has 1 fully saturated rings. The molecule has 5 atom stereocenters. The summed E-state index contributed by atoms with van der Waals surface area (Å²) in [7, 11) is 0. The van der Waals surface area contributed by atoms with Gasteiger partial charge < -0.3 is 42.2 Å². The van der Waals surface area contributed by atoms with Crippen LogP contribution in [-0.4, -0.2) is 83.3 Å². The van der Waals surface area contributed by atoms with Gasteiger partial charge in [-0.25, -0.2) is 14.4 Å². The summed E-state index contributed by atoms with van der Waals surface area (Å²) < 4.78 is 19.5. The van der Waals surface area contributed by atoms with E-state index < -0.39 is 47.5 Å². The molecule has 2 amide bonds. The molecule has 2 aromatic rings. The van der Waals surface area contributed by atoms with E-state index in [0.717, 1.165) is 18.1 Å². The number of aliphatic hydroxyl groups is 1. The number of hydrogen-bond donors (Lipinski definition) is 6. The predicted molar refractivity (Wildman–Crippen MR) is 149 cm³/mol. The highest BCUT2D eigenvalue weighted by Crippen LogP contribution is 2.42. The Morgan fingerprint density at radius 1 is 1.20 bits per heavy atom. The first-order valence-electron chi connectivity index (χ1n) is 13.5. The van der Waals surface area contributed by atoms with Crippen LogP contribution >= 0.6 is 0 Å². The normalized spacial score (nSPS) is 29.1. The van der Waals surface area contributed by atoms with Gasteiger partial charge in [-0.05, 0) is 36.1 Å². The second kappa shape index (κ2) is 9.61. The molecular formula is C28H33FN8O4. The summed E-state index contributed by atoms with van der Waals surface area (Å²) in [4.78, 5) is 36.9. The third-order valence-corrected chi connectivity index (χ3v) is 8.49. The smallest absolute Gasteiger partial charge is 0.255 e. The summed E-state index contributed by atoms with van der Waals surface area (Å²) in [6.45, 7) is 4.87. The number of hydrogen-bond acceptors (Lipinski definition) is 10. The molecule has 0 saturated carbocycles. The summed E-state index contributed by atoms with van der Waals surface area (Å²) in [5, 5.41) is 20.5. The molecule has 216 valence electrons.